The van der Waals surface area contributed by atoms with Crippen LogP contribution in [0.2, 0.25) is 0 Å². The van der Waals surface area contributed by atoms with Crippen LogP contribution < -0.4 is 10.2 Å². The largest absolute Gasteiger partial charge is 0.349 e. The lowest BCUT2D eigenvalue weighted by molar-refractivity contribution is -0.114. The van der Waals surface area contributed by atoms with Gasteiger partial charge >= 0.3 is 0 Å². The maximum Gasteiger partial charge on any atom is 0.265 e. The Morgan fingerprint density at radius 2 is 1.71 bits per heavy atom. The van der Waals surface area contributed by atoms with Crippen LogP contribution in [0.4, 0.5) is 5.69 Å². The summed E-state index contributed by atoms with van der Waals surface area (Å²) in [4.78, 5) is 29.6. The second-order valence-electron chi connectivity index (χ2n) is 9.03. The number of anilines is 1. The molecular formula is C29H28N2O2S. The Kier molecular flexibility index (Phi) is 6.54. The second-order valence-corrected chi connectivity index (χ2v) is 10.1. The molecule has 1 aliphatic heterocycles. The molecule has 0 radical (unpaired) electrons. The molecule has 1 N–H and O–H groups in total. The minimum atomic E-state index is -0.0209. The van der Waals surface area contributed by atoms with Crippen molar-refractivity contribution >= 4 is 35.3 Å². The molecule has 172 valence electrons. The smallest absolute Gasteiger partial charge is 0.265 e. The first-order valence-corrected chi connectivity index (χ1v) is 12.7. The third-order valence-corrected chi connectivity index (χ3v) is 7.53. The molecule has 4 nitrogen and oxygen atoms in total. The van der Waals surface area contributed by atoms with Gasteiger partial charge < -0.3 is 10.2 Å². The highest BCUT2D eigenvalue weighted by atomic mass is 32.2. The van der Waals surface area contributed by atoms with Gasteiger partial charge in [0.1, 0.15) is 0 Å². The van der Waals surface area contributed by atoms with Gasteiger partial charge in [-0.25, -0.2) is 0 Å². The number of carbonyl (C=O) groups excluding carboxylic acids is 2. The Hall–Kier alpha value is -3.31. The average Bonchev–Trinajstić information content (AvgIpc) is 3.36. The fraction of sp³-hybridized carbons (Fsp3) is 0.241. The molecule has 0 atom stereocenters. The number of nitrogens with zero attached hydrogens (tertiary/aromatic N) is 1. The number of hydrogen-bond donors (Lipinski definition) is 1. The van der Waals surface area contributed by atoms with Gasteiger partial charge in [-0.05, 0) is 61.2 Å². The lowest BCUT2D eigenvalue weighted by Gasteiger charge is -2.30. The molecule has 1 saturated carbocycles. The van der Waals surface area contributed by atoms with Crippen molar-refractivity contribution in [2.75, 3.05) is 4.90 Å². The zero-order valence-electron chi connectivity index (χ0n) is 19.3. The van der Waals surface area contributed by atoms with E-state index in [2.05, 4.69) is 42.6 Å². The first-order valence-electron chi connectivity index (χ1n) is 11.8. The molecule has 0 aromatic heterocycles. The van der Waals surface area contributed by atoms with E-state index in [1.54, 1.807) is 0 Å². The first-order chi connectivity index (χ1) is 16.6. The quantitative estimate of drug-likeness (QED) is 0.444. The summed E-state index contributed by atoms with van der Waals surface area (Å²) in [7, 11) is 0. The van der Waals surface area contributed by atoms with E-state index >= 15 is 0 Å². The van der Waals surface area contributed by atoms with Crippen molar-refractivity contribution in [1.82, 2.24) is 5.32 Å². The van der Waals surface area contributed by atoms with Crippen LogP contribution in [0, 0.1) is 6.92 Å². The van der Waals surface area contributed by atoms with Gasteiger partial charge in [-0.2, -0.15) is 0 Å². The Labute approximate surface area is 205 Å². The molecule has 2 aliphatic rings. The van der Waals surface area contributed by atoms with E-state index in [9.17, 15) is 9.59 Å². The maximum absolute atomic E-state index is 13.5. The molecule has 2 amide bonds. The summed E-state index contributed by atoms with van der Waals surface area (Å²) in [6.45, 7) is 2.58. The van der Waals surface area contributed by atoms with Crippen LogP contribution in [0.1, 0.15) is 52.7 Å². The van der Waals surface area contributed by atoms with Crippen LogP contribution in [-0.4, -0.2) is 17.9 Å². The van der Waals surface area contributed by atoms with Gasteiger partial charge in [0.2, 0.25) is 0 Å². The zero-order chi connectivity index (χ0) is 23.5. The lowest BCUT2D eigenvalue weighted by atomic mass is 10.1. The van der Waals surface area contributed by atoms with Crippen LogP contribution in [0.5, 0.6) is 0 Å². The van der Waals surface area contributed by atoms with Gasteiger partial charge in [-0.1, -0.05) is 78.7 Å². The number of hydrogen-bond acceptors (Lipinski definition) is 3. The number of benzene rings is 3. The zero-order valence-corrected chi connectivity index (χ0v) is 20.1. The minimum Gasteiger partial charge on any atom is -0.349 e. The number of aryl methyl sites for hydroxylation is 1. The van der Waals surface area contributed by atoms with Gasteiger partial charge in [-0.15, -0.1) is 0 Å². The number of amides is 2. The molecular weight excluding hydrogens is 440 g/mol. The minimum absolute atomic E-state index is 0.00710. The van der Waals surface area contributed by atoms with Crippen LogP contribution in [-0.2, 0) is 11.3 Å². The fourth-order valence-electron chi connectivity index (χ4n) is 4.52. The van der Waals surface area contributed by atoms with Gasteiger partial charge in [0.25, 0.3) is 11.8 Å². The topological polar surface area (TPSA) is 49.4 Å². The third kappa shape index (κ3) is 4.95. The predicted octanol–water partition coefficient (Wildman–Crippen LogP) is 6.35. The summed E-state index contributed by atoms with van der Waals surface area (Å²) >= 11 is 1.50. The van der Waals surface area contributed by atoms with Crippen molar-refractivity contribution in [1.29, 1.82) is 0 Å². The summed E-state index contributed by atoms with van der Waals surface area (Å²) in [6, 6.07) is 24.1. The number of nitrogens with one attached hydrogen (secondary N) is 1. The van der Waals surface area contributed by atoms with E-state index in [1.165, 1.54) is 30.2 Å². The third-order valence-electron chi connectivity index (χ3n) is 6.45. The summed E-state index contributed by atoms with van der Waals surface area (Å²) < 4.78 is 0. The van der Waals surface area contributed by atoms with Crippen molar-refractivity contribution in [2.24, 2.45) is 0 Å². The van der Waals surface area contributed by atoms with Crippen molar-refractivity contribution in [3.8, 4) is 0 Å². The molecule has 0 bridgehead atoms. The van der Waals surface area contributed by atoms with Crippen molar-refractivity contribution in [2.45, 2.75) is 50.1 Å². The Balaban J connectivity index is 1.37. The number of rotatable bonds is 5. The maximum atomic E-state index is 13.5. The molecule has 0 unspecified atom stereocenters. The summed E-state index contributed by atoms with van der Waals surface area (Å²) in [5, 5.41) is 3.13. The lowest BCUT2D eigenvalue weighted by Crippen LogP contribution is -2.33. The van der Waals surface area contributed by atoms with Gasteiger partial charge in [0.05, 0.1) is 17.1 Å². The molecule has 1 fully saturated rings. The van der Waals surface area contributed by atoms with E-state index in [-0.39, 0.29) is 11.8 Å². The monoisotopic (exact) mass is 468 g/mol. The highest BCUT2D eigenvalue weighted by molar-refractivity contribution is 8.04. The molecule has 3 aromatic carbocycles. The Morgan fingerprint density at radius 3 is 2.44 bits per heavy atom. The molecule has 1 heterocycles. The van der Waals surface area contributed by atoms with Crippen LogP contribution >= 0.6 is 11.8 Å². The van der Waals surface area contributed by atoms with Crippen molar-refractivity contribution < 1.29 is 9.59 Å². The van der Waals surface area contributed by atoms with Crippen molar-refractivity contribution in [3.63, 3.8) is 0 Å². The normalized spacial score (nSPS) is 17.1. The number of thioether (sulfide) groups is 1. The molecule has 0 spiro atoms. The Morgan fingerprint density at radius 1 is 1.00 bits per heavy atom. The van der Waals surface area contributed by atoms with E-state index in [0.29, 0.717) is 23.1 Å². The van der Waals surface area contributed by atoms with Crippen molar-refractivity contribution in [3.05, 3.63) is 100.0 Å². The highest BCUT2D eigenvalue weighted by Crippen LogP contribution is 2.42. The Bertz CT molecular complexity index is 1230. The van der Waals surface area contributed by atoms with Crippen LogP contribution in [0.25, 0.3) is 6.08 Å². The molecule has 1 aliphatic carbocycles. The van der Waals surface area contributed by atoms with E-state index in [0.717, 1.165) is 34.6 Å². The molecule has 5 heteroatoms. The molecule has 5 rings (SSSR count). The number of fused-ring (bicyclic) bond motifs is 1. The molecule has 0 saturated heterocycles. The van der Waals surface area contributed by atoms with Crippen LogP contribution in [0.15, 0.2) is 82.6 Å². The molecule has 34 heavy (non-hydrogen) atoms. The fourth-order valence-corrected chi connectivity index (χ4v) is 5.58. The van der Waals surface area contributed by atoms with Gasteiger partial charge in [-0.3, -0.25) is 9.59 Å². The van der Waals surface area contributed by atoms with Gasteiger partial charge in [0.15, 0.2) is 0 Å². The summed E-state index contributed by atoms with van der Waals surface area (Å²) in [6.07, 6.45) is 6.43. The summed E-state index contributed by atoms with van der Waals surface area (Å²) in [5.41, 5.74) is 4.79. The SMILES string of the molecule is Cc1ccc(CN2C(=O)/C(=C\c3ccc(C(=O)NC4CCCC4)cc3)Sc3ccccc32)cc1. The predicted molar refractivity (Wildman–Crippen MR) is 139 cm³/mol. The second kappa shape index (κ2) is 9.90. The first kappa shape index (κ1) is 22.5. The number of para-hydroxylation sites is 1. The summed E-state index contributed by atoms with van der Waals surface area (Å²) in [5.74, 6) is -0.0280. The standard InChI is InChI=1S/C29H28N2O2S/c1-20-10-12-22(13-11-20)19-31-25-8-4-5-9-26(25)34-27(29(31)33)18-21-14-16-23(17-15-21)28(32)30-24-6-2-3-7-24/h4-5,8-18,24H,2-3,6-7,19H2,1H3,(H,30,32)/b27-18+. The van der Waals surface area contributed by atoms with E-state index in [4.69, 9.17) is 0 Å². The highest BCUT2D eigenvalue weighted by Gasteiger charge is 2.29. The average molecular weight is 469 g/mol. The molecule has 3 aromatic rings. The van der Waals surface area contributed by atoms with E-state index < -0.39 is 0 Å². The van der Waals surface area contributed by atoms with Gasteiger partial charge in [0, 0.05) is 16.5 Å². The van der Waals surface area contributed by atoms with E-state index in [1.807, 2.05) is 53.4 Å². The number of carbonyl (C=O) groups is 2. The van der Waals surface area contributed by atoms with Crippen LogP contribution in [0.3, 0.4) is 0 Å².